The van der Waals surface area contributed by atoms with Gasteiger partial charge in [-0.2, -0.15) is 0 Å². The Morgan fingerprint density at radius 3 is 2.12 bits per heavy atom. The number of hydrogen-bond donors (Lipinski definition) is 3. The van der Waals surface area contributed by atoms with E-state index in [0.29, 0.717) is 5.57 Å². The van der Waals surface area contributed by atoms with E-state index in [1.807, 2.05) is 24.3 Å². The van der Waals surface area contributed by atoms with Gasteiger partial charge >= 0.3 is 12.1 Å². The van der Waals surface area contributed by atoms with Crippen molar-refractivity contribution in [2.75, 3.05) is 19.7 Å². The second-order valence-corrected chi connectivity index (χ2v) is 8.47. The molecule has 0 aromatic heterocycles. The summed E-state index contributed by atoms with van der Waals surface area (Å²) in [5, 5.41) is 14.3. The first-order valence-corrected chi connectivity index (χ1v) is 10.5. The molecule has 0 spiro atoms. The van der Waals surface area contributed by atoms with E-state index in [9.17, 15) is 14.4 Å². The number of benzene rings is 2. The van der Waals surface area contributed by atoms with Crippen molar-refractivity contribution in [3.8, 4) is 11.1 Å². The van der Waals surface area contributed by atoms with Crippen molar-refractivity contribution in [3.63, 3.8) is 0 Å². The topological polar surface area (TPSA) is 105 Å². The Hall–Kier alpha value is -3.61. The Labute approximate surface area is 187 Å². The molecule has 0 atom stereocenters. The van der Waals surface area contributed by atoms with Crippen molar-refractivity contribution < 1.29 is 24.2 Å². The highest BCUT2D eigenvalue weighted by Crippen LogP contribution is 2.44. The molecule has 32 heavy (non-hydrogen) atoms. The fraction of sp³-hybridized carbons (Fsp3) is 0.320. The normalized spacial score (nSPS) is 13.2. The van der Waals surface area contributed by atoms with Crippen LogP contribution in [0.25, 0.3) is 11.1 Å². The SMILES string of the molecule is C/C(=C\CNC(=O)OCC1c2ccccc2-c2ccccc21)C(=O)NCC(C)(C)C(=O)O. The smallest absolute Gasteiger partial charge is 0.407 e. The Kier molecular flexibility index (Phi) is 6.98. The average Bonchev–Trinajstić information content (AvgIpc) is 3.09. The first kappa shape index (κ1) is 23.1. The summed E-state index contributed by atoms with van der Waals surface area (Å²) in [5.74, 6) is -1.39. The summed E-state index contributed by atoms with van der Waals surface area (Å²) in [7, 11) is 0. The molecule has 2 aromatic carbocycles. The summed E-state index contributed by atoms with van der Waals surface area (Å²) in [4.78, 5) is 35.4. The van der Waals surface area contributed by atoms with Gasteiger partial charge in [0.25, 0.3) is 0 Å². The quantitative estimate of drug-likeness (QED) is 0.548. The molecule has 0 unspecified atom stereocenters. The van der Waals surface area contributed by atoms with E-state index in [4.69, 9.17) is 9.84 Å². The number of nitrogens with one attached hydrogen (secondary N) is 2. The lowest BCUT2D eigenvalue weighted by atomic mass is 9.94. The lowest BCUT2D eigenvalue weighted by Crippen LogP contribution is -2.39. The van der Waals surface area contributed by atoms with Crippen molar-refractivity contribution in [2.24, 2.45) is 5.41 Å². The van der Waals surface area contributed by atoms with Crippen LogP contribution in [-0.2, 0) is 14.3 Å². The van der Waals surface area contributed by atoms with Crippen LogP contribution >= 0.6 is 0 Å². The Balaban J connectivity index is 1.50. The van der Waals surface area contributed by atoms with E-state index in [1.165, 1.54) is 13.8 Å². The lowest BCUT2D eigenvalue weighted by molar-refractivity contribution is -0.146. The van der Waals surface area contributed by atoms with Gasteiger partial charge in [0.1, 0.15) is 6.61 Å². The van der Waals surface area contributed by atoms with Crippen molar-refractivity contribution in [3.05, 3.63) is 71.3 Å². The number of hydrogen-bond acceptors (Lipinski definition) is 4. The van der Waals surface area contributed by atoms with Gasteiger partial charge in [-0.1, -0.05) is 54.6 Å². The highest BCUT2D eigenvalue weighted by molar-refractivity contribution is 5.93. The van der Waals surface area contributed by atoms with Gasteiger partial charge < -0.3 is 20.5 Å². The van der Waals surface area contributed by atoms with Gasteiger partial charge in [-0.3, -0.25) is 9.59 Å². The summed E-state index contributed by atoms with van der Waals surface area (Å²) in [6, 6.07) is 16.2. The summed E-state index contributed by atoms with van der Waals surface area (Å²) < 4.78 is 5.46. The van der Waals surface area contributed by atoms with Gasteiger partial charge in [0, 0.05) is 24.6 Å². The average molecular weight is 437 g/mol. The Morgan fingerprint density at radius 1 is 1.00 bits per heavy atom. The first-order valence-electron chi connectivity index (χ1n) is 10.5. The molecule has 7 nitrogen and oxygen atoms in total. The summed E-state index contributed by atoms with van der Waals surface area (Å²) in [6.45, 7) is 5.01. The van der Waals surface area contributed by atoms with E-state index < -0.39 is 17.5 Å². The van der Waals surface area contributed by atoms with Crippen LogP contribution in [0.1, 0.15) is 37.8 Å². The minimum atomic E-state index is -1.06. The van der Waals surface area contributed by atoms with Gasteiger partial charge in [-0.15, -0.1) is 0 Å². The molecular formula is C25H28N2O5. The number of alkyl carbamates (subject to hydrolysis) is 1. The van der Waals surface area contributed by atoms with E-state index in [1.54, 1.807) is 13.0 Å². The van der Waals surface area contributed by atoms with E-state index in [2.05, 4.69) is 34.9 Å². The standard InChI is InChI=1S/C25H28N2O5/c1-16(22(28)27-15-25(2,3)23(29)30)12-13-26-24(31)32-14-21-19-10-6-4-8-17(19)18-9-5-7-11-20(18)21/h4-12,21H,13-15H2,1-3H3,(H,26,31)(H,27,28)(H,29,30)/b16-12+. The third-order valence-corrected chi connectivity index (χ3v) is 5.63. The molecule has 0 radical (unpaired) electrons. The molecule has 3 N–H and O–H groups in total. The molecule has 7 heteroatoms. The van der Waals surface area contributed by atoms with Crippen LogP contribution in [0.4, 0.5) is 4.79 Å². The molecule has 168 valence electrons. The first-order chi connectivity index (χ1) is 15.2. The number of amides is 2. The monoisotopic (exact) mass is 436 g/mol. The largest absolute Gasteiger partial charge is 0.481 e. The minimum absolute atomic E-state index is 0.00610. The zero-order valence-electron chi connectivity index (χ0n) is 18.5. The maximum absolute atomic E-state index is 12.2. The molecule has 1 aliphatic rings. The molecule has 0 saturated carbocycles. The molecule has 0 heterocycles. The van der Waals surface area contributed by atoms with Crippen molar-refractivity contribution in [1.29, 1.82) is 0 Å². The predicted molar refractivity (Wildman–Crippen MR) is 121 cm³/mol. The lowest BCUT2D eigenvalue weighted by Gasteiger charge is -2.19. The molecule has 0 aliphatic heterocycles. The maximum atomic E-state index is 12.2. The fourth-order valence-electron chi connectivity index (χ4n) is 3.55. The van der Waals surface area contributed by atoms with Crippen LogP contribution in [0.15, 0.2) is 60.2 Å². The molecule has 0 fully saturated rings. The van der Waals surface area contributed by atoms with Gasteiger partial charge in [0.15, 0.2) is 0 Å². The molecule has 0 saturated heterocycles. The maximum Gasteiger partial charge on any atom is 0.407 e. The molecular weight excluding hydrogens is 408 g/mol. The second kappa shape index (κ2) is 9.68. The molecule has 2 aromatic rings. The predicted octanol–water partition coefficient (Wildman–Crippen LogP) is 3.70. The number of aliphatic carboxylic acids is 1. The Bertz CT molecular complexity index is 1010. The number of fused-ring (bicyclic) bond motifs is 3. The Morgan fingerprint density at radius 2 is 1.56 bits per heavy atom. The number of carboxylic acid groups (broad SMARTS) is 1. The van der Waals surface area contributed by atoms with E-state index in [0.717, 1.165) is 22.3 Å². The molecule has 0 bridgehead atoms. The second-order valence-electron chi connectivity index (χ2n) is 8.47. The van der Waals surface area contributed by atoms with Crippen LogP contribution in [0.3, 0.4) is 0 Å². The summed E-state index contributed by atoms with van der Waals surface area (Å²) in [5.41, 5.74) is 3.91. The van der Waals surface area contributed by atoms with Gasteiger partial charge in [-0.05, 0) is 43.0 Å². The molecule has 2 amide bonds. The number of rotatable bonds is 8. The highest BCUT2D eigenvalue weighted by atomic mass is 16.5. The molecule has 3 rings (SSSR count). The van der Waals surface area contributed by atoms with Crippen molar-refractivity contribution in [1.82, 2.24) is 10.6 Å². The zero-order valence-corrected chi connectivity index (χ0v) is 18.5. The number of carbonyl (C=O) groups is 3. The highest BCUT2D eigenvalue weighted by Gasteiger charge is 2.29. The third kappa shape index (κ3) is 5.17. The van der Waals surface area contributed by atoms with Crippen LogP contribution < -0.4 is 10.6 Å². The summed E-state index contributed by atoms with van der Waals surface area (Å²) >= 11 is 0. The van der Waals surface area contributed by atoms with Gasteiger partial charge in [-0.25, -0.2) is 4.79 Å². The minimum Gasteiger partial charge on any atom is -0.481 e. The van der Waals surface area contributed by atoms with Crippen LogP contribution in [0.5, 0.6) is 0 Å². The van der Waals surface area contributed by atoms with E-state index >= 15 is 0 Å². The van der Waals surface area contributed by atoms with Crippen LogP contribution in [0.2, 0.25) is 0 Å². The van der Waals surface area contributed by atoms with E-state index in [-0.39, 0.29) is 31.5 Å². The van der Waals surface area contributed by atoms with Crippen molar-refractivity contribution in [2.45, 2.75) is 26.7 Å². The van der Waals surface area contributed by atoms with Crippen LogP contribution in [0, 0.1) is 5.41 Å². The van der Waals surface area contributed by atoms with Gasteiger partial charge in [0.05, 0.1) is 5.41 Å². The zero-order chi connectivity index (χ0) is 23.3. The number of carboxylic acids is 1. The number of ether oxygens (including phenoxy) is 1. The van der Waals surface area contributed by atoms with Crippen LogP contribution in [-0.4, -0.2) is 42.8 Å². The number of carbonyl (C=O) groups excluding carboxylic acids is 2. The fourth-order valence-corrected chi connectivity index (χ4v) is 3.55. The molecule has 1 aliphatic carbocycles. The third-order valence-electron chi connectivity index (χ3n) is 5.63. The van der Waals surface area contributed by atoms with Crippen molar-refractivity contribution >= 4 is 18.0 Å². The summed E-state index contributed by atoms with van der Waals surface area (Å²) in [6.07, 6.45) is 0.994. The van der Waals surface area contributed by atoms with Gasteiger partial charge in [0.2, 0.25) is 5.91 Å².